The predicted octanol–water partition coefficient (Wildman–Crippen LogP) is 3.89. The van der Waals surface area contributed by atoms with Crippen molar-refractivity contribution in [3.05, 3.63) is 78.5 Å². The van der Waals surface area contributed by atoms with Crippen LogP contribution < -0.4 is 0 Å². The van der Waals surface area contributed by atoms with Crippen LogP contribution in [-0.2, 0) is 6.67 Å². The van der Waals surface area contributed by atoms with E-state index in [1.807, 2.05) is 0 Å². The lowest BCUT2D eigenvalue weighted by molar-refractivity contribution is -0.463. The van der Waals surface area contributed by atoms with Gasteiger partial charge < -0.3 is 0 Å². The third kappa shape index (κ3) is 1.77. The molecule has 1 aliphatic rings. The summed E-state index contributed by atoms with van der Waals surface area (Å²) >= 11 is 0. The molecule has 2 nitrogen and oxygen atoms in total. The van der Waals surface area contributed by atoms with E-state index in [1.54, 1.807) is 0 Å². The van der Waals surface area contributed by atoms with Crippen molar-refractivity contribution >= 4 is 11.9 Å². The van der Waals surface area contributed by atoms with Gasteiger partial charge in [0.05, 0.1) is 5.69 Å². The molecule has 4 rings (SSSR count). The van der Waals surface area contributed by atoms with E-state index in [0.29, 0.717) is 0 Å². The van der Waals surface area contributed by atoms with E-state index < -0.39 is 0 Å². The second kappa shape index (κ2) is 4.49. The van der Waals surface area contributed by atoms with Crippen molar-refractivity contribution in [2.24, 2.45) is 0 Å². The van der Waals surface area contributed by atoms with E-state index in [1.165, 1.54) is 22.6 Å². The van der Waals surface area contributed by atoms with Crippen LogP contribution in [0.15, 0.2) is 72.8 Å². The minimum atomic E-state index is 0.872. The molecule has 0 N–H and O–H groups in total. The Bertz CT molecular complexity index is 768. The van der Waals surface area contributed by atoms with Gasteiger partial charge in [-0.3, -0.25) is 4.57 Å². The van der Waals surface area contributed by atoms with Crippen molar-refractivity contribution in [3.63, 3.8) is 0 Å². The van der Waals surface area contributed by atoms with Crippen molar-refractivity contribution in [2.75, 3.05) is 0 Å². The molecule has 0 fully saturated rings. The molecule has 0 bridgehead atoms. The first-order valence-electron chi connectivity index (χ1n) is 6.83. The normalized spacial score (nSPS) is 13.1. The summed E-state index contributed by atoms with van der Waals surface area (Å²) in [6, 6.07) is 25.4. The molecule has 0 unspecified atom stereocenters. The molecule has 2 heteroatoms. The van der Waals surface area contributed by atoms with E-state index in [0.717, 1.165) is 6.67 Å². The van der Waals surface area contributed by atoms with Gasteiger partial charge in [-0.1, -0.05) is 48.5 Å². The number of benzene rings is 2. The molecule has 0 spiro atoms. The molecule has 0 atom stereocenters. The molecule has 96 valence electrons. The Kier molecular flexibility index (Phi) is 2.52. The summed E-state index contributed by atoms with van der Waals surface area (Å²) in [6.45, 7) is 0.872. The smallest absolute Gasteiger partial charge is 0.228 e. The Labute approximate surface area is 118 Å². The number of fused-ring (bicyclic) bond motifs is 1. The molecule has 0 amide bonds. The molecule has 1 aromatic heterocycles. The molecule has 1 aliphatic heterocycles. The second-order valence-electron chi connectivity index (χ2n) is 5.01. The van der Waals surface area contributed by atoms with Crippen LogP contribution in [0.25, 0.3) is 11.3 Å². The molecule has 2 aromatic carbocycles. The summed E-state index contributed by atoms with van der Waals surface area (Å²) in [6.07, 6.45) is 2.21. The summed E-state index contributed by atoms with van der Waals surface area (Å²) in [5.74, 6) is 0. The largest absolute Gasteiger partial charge is 0.279 e. The standard InChI is InChI=1S/C18H15N2/c1-3-7-15(8-4-1)18-12-11-17-13-19(14-20(17)18)16-9-5-2-6-10-16/h1-13H,14H2/q+1. The number of rotatable bonds is 2. The Morgan fingerprint density at radius 3 is 2.20 bits per heavy atom. The Morgan fingerprint density at radius 2 is 1.45 bits per heavy atom. The van der Waals surface area contributed by atoms with E-state index in [2.05, 4.69) is 88.2 Å². The van der Waals surface area contributed by atoms with Crippen LogP contribution in [0.1, 0.15) is 5.69 Å². The molecular weight excluding hydrogens is 244 g/mol. The number of hydrogen-bond acceptors (Lipinski definition) is 0. The fourth-order valence-corrected chi connectivity index (χ4v) is 2.74. The molecule has 2 heterocycles. The number of nitrogens with zero attached hydrogens (tertiary/aromatic N) is 2. The quantitative estimate of drug-likeness (QED) is 0.617. The van der Waals surface area contributed by atoms with E-state index >= 15 is 0 Å². The van der Waals surface area contributed by atoms with E-state index in [9.17, 15) is 0 Å². The second-order valence-corrected chi connectivity index (χ2v) is 5.01. The molecule has 0 saturated carbocycles. The molecule has 3 aromatic rings. The minimum absolute atomic E-state index is 0.872. The summed E-state index contributed by atoms with van der Waals surface area (Å²) in [5.41, 5.74) is 5.03. The summed E-state index contributed by atoms with van der Waals surface area (Å²) in [7, 11) is 0. The van der Waals surface area contributed by atoms with Gasteiger partial charge in [0.15, 0.2) is 6.21 Å². The number of para-hydroxylation sites is 1. The average Bonchev–Trinajstić information content (AvgIpc) is 3.09. The third-order valence-corrected chi connectivity index (χ3v) is 3.75. The van der Waals surface area contributed by atoms with E-state index in [-0.39, 0.29) is 0 Å². The fraction of sp³-hybridized carbons (Fsp3) is 0.0556. The zero-order valence-electron chi connectivity index (χ0n) is 11.1. The fourth-order valence-electron chi connectivity index (χ4n) is 2.74. The lowest BCUT2D eigenvalue weighted by atomic mass is 10.1. The van der Waals surface area contributed by atoms with Gasteiger partial charge in [-0.2, -0.15) is 4.58 Å². The predicted molar refractivity (Wildman–Crippen MR) is 81.4 cm³/mol. The van der Waals surface area contributed by atoms with Crippen LogP contribution in [0.5, 0.6) is 0 Å². The van der Waals surface area contributed by atoms with Gasteiger partial charge in [-0.05, 0) is 17.7 Å². The van der Waals surface area contributed by atoms with Crippen molar-refractivity contribution in [3.8, 4) is 11.3 Å². The first-order valence-corrected chi connectivity index (χ1v) is 6.83. The van der Waals surface area contributed by atoms with Crippen LogP contribution >= 0.6 is 0 Å². The van der Waals surface area contributed by atoms with Gasteiger partial charge in [0.1, 0.15) is 5.69 Å². The Balaban J connectivity index is 1.73. The monoisotopic (exact) mass is 259 g/mol. The third-order valence-electron chi connectivity index (χ3n) is 3.75. The van der Waals surface area contributed by atoms with Crippen LogP contribution in [0.2, 0.25) is 0 Å². The lowest BCUT2D eigenvalue weighted by Crippen LogP contribution is -2.05. The molecule has 0 saturated heterocycles. The summed E-state index contributed by atoms with van der Waals surface area (Å²) < 4.78 is 4.63. The zero-order chi connectivity index (χ0) is 13.4. The molecular formula is C18H15N2+. The van der Waals surface area contributed by atoms with Gasteiger partial charge in [-0.15, -0.1) is 0 Å². The van der Waals surface area contributed by atoms with Crippen LogP contribution in [0, 0.1) is 0 Å². The topological polar surface area (TPSA) is 7.94 Å². The highest BCUT2D eigenvalue weighted by Gasteiger charge is 2.22. The van der Waals surface area contributed by atoms with Gasteiger partial charge in [-0.25, -0.2) is 0 Å². The highest BCUT2D eigenvalue weighted by Crippen LogP contribution is 2.26. The van der Waals surface area contributed by atoms with Crippen LogP contribution in [-0.4, -0.2) is 15.4 Å². The van der Waals surface area contributed by atoms with Crippen molar-refractivity contribution in [1.29, 1.82) is 0 Å². The average molecular weight is 259 g/mol. The van der Waals surface area contributed by atoms with Gasteiger partial charge in [0.2, 0.25) is 12.4 Å². The van der Waals surface area contributed by atoms with Crippen molar-refractivity contribution in [2.45, 2.75) is 6.67 Å². The maximum absolute atomic E-state index is 2.35. The van der Waals surface area contributed by atoms with Crippen molar-refractivity contribution < 1.29 is 4.58 Å². The highest BCUT2D eigenvalue weighted by atomic mass is 15.2. The summed E-state index contributed by atoms with van der Waals surface area (Å²) in [4.78, 5) is 0. The van der Waals surface area contributed by atoms with Crippen molar-refractivity contribution in [1.82, 2.24) is 4.57 Å². The maximum Gasteiger partial charge on any atom is 0.228 e. The minimum Gasteiger partial charge on any atom is -0.279 e. The first kappa shape index (κ1) is 11.2. The first-order chi connectivity index (χ1) is 9.92. The Hall–Kier alpha value is -2.61. The Morgan fingerprint density at radius 1 is 0.750 bits per heavy atom. The number of hydrogen-bond donors (Lipinski definition) is 0. The van der Waals surface area contributed by atoms with Gasteiger partial charge in [0.25, 0.3) is 0 Å². The van der Waals surface area contributed by atoms with Gasteiger partial charge in [0, 0.05) is 12.1 Å². The molecule has 20 heavy (non-hydrogen) atoms. The van der Waals surface area contributed by atoms with Crippen LogP contribution in [0.3, 0.4) is 0 Å². The SMILES string of the molecule is C1=[N+](c2ccccc2)Cn2c1ccc2-c1ccccc1. The van der Waals surface area contributed by atoms with Gasteiger partial charge >= 0.3 is 0 Å². The lowest BCUT2D eigenvalue weighted by Gasteiger charge is -2.04. The molecule has 0 aliphatic carbocycles. The molecule has 0 radical (unpaired) electrons. The number of aromatic nitrogens is 1. The van der Waals surface area contributed by atoms with E-state index in [4.69, 9.17) is 0 Å². The highest BCUT2D eigenvalue weighted by molar-refractivity contribution is 5.79. The summed E-state index contributed by atoms with van der Waals surface area (Å²) in [5, 5.41) is 0. The van der Waals surface area contributed by atoms with Crippen LogP contribution in [0.4, 0.5) is 5.69 Å². The zero-order valence-corrected chi connectivity index (χ0v) is 11.1. The maximum atomic E-state index is 2.35.